The van der Waals surface area contributed by atoms with Gasteiger partial charge in [-0.05, 0) is 62.8 Å². The third-order valence-electron chi connectivity index (χ3n) is 6.42. The smallest absolute Gasteiger partial charge is 0.107 e. The van der Waals surface area contributed by atoms with Crippen molar-refractivity contribution in [3.05, 3.63) is 29.6 Å². The van der Waals surface area contributed by atoms with Gasteiger partial charge in [-0.15, -0.1) is 0 Å². The Morgan fingerprint density at radius 2 is 1.64 bits per heavy atom. The lowest BCUT2D eigenvalue weighted by Crippen LogP contribution is -2.34. The Morgan fingerprint density at radius 3 is 2.40 bits per heavy atom. The second-order valence-corrected chi connectivity index (χ2v) is 8.24. The van der Waals surface area contributed by atoms with Crippen molar-refractivity contribution in [2.45, 2.75) is 83.6 Å². The van der Waals surface area contributed by atoms with Gasteiger partial charge < -0.3 is 4.57 Å². The second kappa shape index (κ2) is 6.87. The zero-order chi connectivity index (χ0) is 17.3. The molecule has 2 heteroatoms. The van der Waals surface area contributed by atoms with Gasteiger partial charge in [-0.25, -0.2) is 4.98 Å². The Morgan fingerprint density at radius 1 is 0.960 bits per heavy atom. The van der Waals surface area contributed by atoms with Crippen LogP contribution in [0.25, 0.3) is 11.0 Å². The molecule has 0 bridgehead atoms. The third kappa shape index (κ3) is 3.22. The van der Waals surface area contributed by atoms with Crippen LogP contribution in [0.3, 0.4) is 0 Å². The van der Waals surface area contributed by atoms with E-state index in [-0.39, 0.29) is 5.54 Å². The number of nitrogens with zero attached hydrogens (tertiary/aromatic N) is 2. The van der Waals surface area contributed by atoms with E-state index >= 15 is 0 Å². The summed E-state index contributed by atoms with van der Waals surface area (Å²) in [6.07, 6.45) is 15.0. The molecule has 2 nitrogen and oxygen atoms in total. The molecular weight excluding hydrogens is 304 g/mol. The summed E-state index contributed by atoms with van der Waals surface area (Å²) in [7, 11) is 0. The van der Waals surface area contributed by atoms with Gasteiger partial charge in [-0.3, -0.25) is 0 Å². The van der Waals surface area contributed by atoms with E-state index < -0.39 is 0 Å². The fourth-order valence-electron chi connectivity index (χ4n) is 4.65. The molecule has 0 amide bonds. The molecule has 25 heavy (non-hydrogen) atoms. The van der Waals surface area contributed by atoms with Crippen molar-refractivity contribution in [2.24, 2.45) is 5.92 Å². The maximum atomic E-state index is 4.73. The van der Waals surface area contributed by atoms with Gasteiger partial charge in [-0.1, -0.05) is 50.4 Å². The van der Waals surface area contributed by atoms with Gasteiger partial charge in [0.1, 0.15) is 5.54 Å². The van der Waals surface area contributed by atoms with Gasteiger partial charge in [0.05, 0.1) is 17.4 Å². The molecule has 0 aliphatic heterocycles. The van der Waals surface area contributed by atoms with Crippen molar-refractivity contribution in [3.63, 3.8) is 0 Å². The first kappa shape index (κ1) is 16.7. The normalized spacial score (nSPS) is 21.0. The average molecular weight is 335 g/mol. The molecule has 132 valence electrons. The van der Waals surface area contributed by atoms with Crippen molar-refractivity contribution in [1.82, 2.24) is 9.55 Å². The van der Waals surface area contributed by atoms with E-state index in [1.165, 1.54) is 80.9 Å². The van der Waals surface area contributed by atoms with Gasteiger partial charge in [0.25, 0.3) is 0 Å². The number of fused-ring (bicyclic) bond motifs is 1. The number of hydrogen-bond donors (Lipinski definition) is 0. The number of rotatable bonds is 1. The maximum absolute atomic E-state index is 4.73. The minimum atomic E-state index is -0.0356. The molecule has 0 atom stereocenters. The van der Waals surface area contributed by atoms with Crippen molar-refractivity contribution in [2.75, 3.05) is 0 Å². The minimum absolute atomic E-state index is 0.0356. The summed E-state index contributed by atoms with van der Waals surface area (Å²) in [5.41, 5.74) is 5.02. The molecule has 0 unspecified atom stereocenters. The van der Waals surface area contributed by atoms with E-state index in [4.69, 9.17) is 4.98 Å². The number of hydrogen-bond acceptors (Lipinski definition) is 1. The molecule has 2 saturated carbocycles. The average Bonchev–Trinajstić information content (AvgIpc) is 3.05. The van der Waals surface area contributed by atoms with Crippen LogP contribution in [-0.2, 0) is 5.54 Å². The van der Waals surface area contributed by atoms with E-state index in [1.807, 2.05) is 0 Å². The van der Waals surface area contributed by atoms with Crippen LogP contribution in [0.1, 0.15) is 75.3 Å². The predicted octanol–water partition coefficient (Wildman–Crippen LogP) is 5.90. The SMILES string of the molecule is Cc1cc2ncn(C3(C#CC4CCCCC4)CCCCC3)c2cc1C. The van der Waals surface area contributed by atoms with E-state index in [9.17, 15) is 0 Å². The highest BCUT2D eigenvalue weighted by Gasteiger charge is 2.33. The largest absolute Gasteiger partial charge is 0.313 e. The fraction of sp³-hybridized carbons (Fsp3) is 0.609. The van der Waals surface area contributed by atoms with Crippen molar-refractivity contribution < 1.29 is 0 Å². The topological polar surface area (TPSA) is 17.8 Å². The summed E-state index contributed by atoms with van der Waals surface area (Å²) >= 11 is 0. The van der Waals surface area contributed by atoms with Gasteiger partial charge in [0.15, 0.2) is 0 Å². The van der Waals surface area contributed by atoms with Crippen molar-refractivity contribution >= 4 is 11.0 Å². The highest BCUT2D eigenvalue weighted by molar-refractivity contribution is 5.78. The Balaban J connectivity index is 1.76. The lowest BCUT2D eigenvalue weighted by atomic mass is 9.80. The van der Waals surface area contributed by atoms with Gasteiger partial charge >= 0.3 is 0 Å². The van der Waals surface area contributed by atoms with Crippen molar-refractivity contribution in [3.8, 4) is 11.8 Å². The standard InChI is InChI=1S/C23H30N2/c1-18-15-21-22(16-19(18)2)25(17-24-21)23(12-7-4-8-13-23)14-11-20-9-5-3-6-10-20/h15-17,20H,3-10,12-13H2,1-2H3. The first-order valence-corrected chi connectivity index (χ1v) is 10.2. The molecule has 2 aromatic rings. The number of aromatic nitrogens is 2. The van der Waals surface area contributed by atoms with E-state index in [2.05, 4.69) is 48.7 Å². The highest BCUT2D eigenvalue weighted by atomic mass is 15.1. The monoisotopic (exact) mass is 334 g/mol. The zero-order valence-corrected chi connectivity index (χ0v) is 15.8. The molecular formula is C23H30N2. The van der Waals surface area contributed by atoms with E-state index in [1.54, 1.807) is 0 Å². The molecule has 0 spiro atoms. The molecule has 0 saturated heterocycles. The molecule has 0 N–H and O–H groups in total. The second-order valence-electron chi connectivity index (χ2n) is 8.24. The quantitative estimate of drug-likeness (QED) is 0.594. The van der Waals surface area contributed by atoms with Crippen LogP contribution in [-0.4, -0.2) is 9.55 Å². The first-order valence-electron chi connectivity index (χ1n) is 10.2. The molecule has 1 heterocycles. The molecule has 2 fully saturated rings. The number of benzene rings is 1. The Bertz CT molecular complexity index is 806. The summed E-state index contributed by atoms with van der Waals surface area (Å²) in [6, 6.07) is 4.54. The molecule has 4 rings (SSSR count). The third-order valence-corrected chi connectivity index (χ3v) is 6.42. The Hall–Kier alpha value is -1.75. The number of aryl methyl sites for hydroxylation is 2. The fourth-order valence-corrected chi connectivity index (χ4v) is 4.65. The minimum Gasteiger partial charge on any atom is -0.313 e. The molecule has 2 aliphatic rings. The Kier molecular flexibility index (Phi) is 4.59. The first-order chi connectivity index (χ1) is 12.2. The van der Waals surface area contributed by atoms with Gasteiger partial charge in [-0.2, -0.15) is 0 Å². The summed E-state index contributed by atoms with van der Waals surface area (Å²) in [5.74, 6) is 8.14. The lowest BCUT2D eigenvalue weighted by molar-refractivity contribution is 0.275. The molecule has 1 aromatic carbocycles. The zero-order valence-electron chi connectivity index (χ0n) is 15.8. The van der Waals surface area contributed by atoms with Crippen LogP contribution in [0.2, 0.25) is 0 Å². The van der Waals surface area contributed by atoms with E-state index in [0.29, 0.717) is 5.92 Å². The summed E-state index contributed by atoms with van der Waals surface area (Å²) in [5, 5.41) is 0. The van der Waals surface area contributed by atoms with Crippen LogP contribution >= 0.6 is 0 Å². The van der Waals surface area contributed by atoms with Crippen LogP contribution in [0.15, 0.2) is 18.5 Å². The van der Waals surface area contributed by atoms with Crippen LogP contribution in [0, 0.1) is 31.6 Å². The highest BCUT2D eigenvalue weighted by Crippen LogP contribution is 2.37. The van der Waals surface area contributed by atoms with Crippen LogP contribution < -0.4 is 0 Å². The summed E-state index contributed by atoms with van der Waals surface area (Å²) < 4.78 is 2.42. The maximum Gasteiger partial charge on any atom is 0.107 e. The van der Waals surface area contributed by atoms with Gasteiger partial charge in [0.2, 0.25) is 0 Å². The van der Waals surface area contributed by atoms with Crippen LogP contribution in [0.4, 0.5) is 0 Å². The summed E-state index contributed by atoms with van der Waals surface area (Å²) in [4.78, 5) is 4.73. The molecule has 1 aromatic heterocycles. The van der Waals surface area contributed by atoms with Crippen molar-refractivity contribution in [1.29, 1.82) is 0 Å². The summed E-state index contributed by atoms with van der Waals surface area (Å²) in [6.45, 7) is 4.38. The lowest BCUT2D eigenvalue weighted by Gasteiger charge is -2.35. The number of imidazole rings is 1. The van der Waals surface area contributed by atoms with Gasteiger partial charge in [0, 0.05) is 5.92 Å². The van der Waals surface area contributed by atoms with E-state index in [0.717, 1.165) is 5.52 Å². The Labute approximate surface area is 152 Å². The van der Waals surface area contributed by atoms with Crippen LogP contribution in [0.5, 0.6) is 0 Å². The molecule has 0 radical (unpaired) electrons. The molecule has 2 aliphatic carbocycles. The predicted molar refractivity (Wildman–Crippen MR) is 105 cm³/mol.